The number of nitrogens with zero attached hydrogens (tertiary/aromatic N) is 1. The first-order valence-electron chi connectivity index (χ1n) is 5.54. The molecule has 22 heavy (non-hydrogen) atoms. The van der Waals surface area contributed by atoms with Gasteiger partial charge in [0.2, 0.25) is 0 Å². The molecule has 0 amide bonds. The fourth-order valence-corrected chi connectivity index (χ4v) is 3.07. The highest BCUT2D eigenvalue weighted by Gasteiger charge is 2.20. The summed E-state index contributed by atoms with van der Waals surface area (Å²) in [6.07, 6.45) is 0. The number of non-ortho nitro benzene ring substituents is 1. The zero-order valence-corrected chi connectivity index (χ0v) is 13.6. The summed E-state index contributed by atoms with van der Waals surface area (Å²) in [5.41, 5.74) is -0.288. The summed E-state index contributed by atoms with van der Waals surface area (Å²) in [5.74, 6) is -0.238. The molecule has 10 heteroatoms. The first kappa shape index (κ1) is 16.8. The highest BCUT2D eigenvalue weighted by atomic mass is 35.5. The van der Waals surface area contributed by atoms with Gasteiger partial charge < -0.3 is 4.18 Å². The Morgan fingerprint density at radius 1 is 0.955 bits per heavy atom. The van der Waals surface area contributed by atoms with Crippen molar-refractivity contribution in [1.29, 1.82) is 0 Å². The highest BCUT2D eigenvalue weighted by molar-refractivity contribution is 7.87. The van der Waals surface area contributed by atoms with E-state index >= 15 is 0 Å². The summed E-state index contributed by atoms with van der Waals surface area (Å²) in [4.78, 5) is 9.71. The molecule has 0 radical (unpaired) electrons. The van der Waals surface area contributed by atoms with Crippen LogP contribution < -0.4 is 4.18 Å². The molecular formula is C12H6Cl3NO5S. The molecule has 0 aromatic heterocycles. The molecule has 6 nitrogen and oxygen atoms in total. The van der Waals surface area contributed by atoms with Gasteiger partial charge in [0.25, 0.3) is 5.69 Å². The van der Waals surface area contributed by atoms with Crippen molar-refractivity contribution in [2.75, 3.05) is 0 Å². The minimum Gasteiger partial charge on any atom is -0.377 e. The summed E-state index contributed by atoms with van der Waals surface area (Å²) in [7, 11) is -4.21. The van der Waals surface area contributed by atoms with Crippen LogP contribution in [0.2, 0.25) is 15.1 Å². The van der Waals surface area contributed by atoms with Gasteiger partial charge in [0.1, 0.15) is 4.90 Å². The van der Waals surface area contributed by atoms with Gasteiger partial charge >= 0.3 is 10.1 Å². The Hall–Kier alpha value is -1.54. The number of nitro benzene ring substituents is 1. The maximum Gasteiger partial charge on any atom is 0.339 e. The SMILES string of the molecule is O=[N+]([O-])c1ccc(OS(=O)(=O)c2ccc(Cl)c(Cl)c2)c(Cl)c1. The molecule has 0 spiro atoms. The van der Waals surface area contributed by atoms with Gasteiger partial charge in [0.05, 0.1) is 20.0 Å². The van der Waals surface area contributed by atoms with Gasteiger partial charge in [-0.25, -0.2) is 0 Å². The molecule has 0 saturated heterocycles. The number of benzene rings is 2. The molecule has 0 bridgehead atoms. The largest absolute Gasteiger partial charge is 0.377 e. The molecule has 0 heterocycles. The molecule has 0 atom stereocenters. The topological polar surface area (TPSA) is 86.5 Å². The first-order valence-corrected chi connectivity index (χ1v) is 8.08. The van der Waals surface area contributed by atoms with E-state index < -0.39 is 15.0 Å². The van der Waals surface area contributed by atoms with Crippen molar-refractivity contribution >= 4 is 50.6 Å². The lowest BCUT2D eigenvalue weighted by molar-refractivity contribution is -0.384. The fourth-order valence-electron chi connectivity index (χ4n) is 1.47. The molecule has 2 aromatic carbocycles. The van der Waals surface area contributed by atoms with E-state index in [-0.39, 0.29) is 31.4 Å². The van der Waals surface area contributed by atoms with Crippen LogP contribution in [-0.2, 0) is 10.1 Å². The summed E-state index contributed by atoms with van der Waals surface area (Å²) in [5, 5.41) is 10.6. The predicted octanol–water partition coefficient (Wildman–Crippen LogP) is 4.32. The van der Waals surface area contributed by atoms with Crippen LogP contribution in [0.4, 0.5) is 5.69 Å². The lowest BCUT2D eigenvalue weighted by Gasteiger charge is -2.09. The van der Waals surface area contributed by atoms with Crippen LogP contribution >= 0.6 is 34.8 Å². The van der Waals surface area contributed by atoms with Gasteiger partial charge in [0, 0.05) is 12.1 Å². The Morgan fingerprint density at radius 2 is 1.64 bits per heavy atom. The summed E-state index contributed by atoms with van der Waals surface area (Å²) < 4.78 is 29.1. The normalized spacial score (nSPS) is 11.2. The molecule has 0 fully saturated rings. The quantitative estimate of drug-likeness (QED) is 0.446. The second kappa shape index (κ2) is 6.29. The van der Waals surface area contributed by atoms with E-state index in [0.717, 1.165) is 24.3 Å². The molecular weight excluding hydrogens is 377 g/mol. The average molecular weight is 383 g/mol. The van der Waals surface area contributed by atoms with Crippen LogP contribution in [0.5, 0.6) is 5.75 Å². The Bertz CT molecular complexity index is 854. The molecule has 0 aliphatic rings. The third-order valence-electron chi connectivity index (χ3n) is 2.51. The van der Waals surface area contributed by atoms with Crippen molar-refractivity contribution in [3.63, 3.8) is 0 Å². The number of hydrogen-bond donors (Lipinski definition) is 0. The maximum atomic E-state index is 12.1. The Morgan fingerprint density at radius 3 is 2.18 bits per heavy atom. The monoisotopic (exact) mass is 381 g/mol. The third kappa shape index (κ3) is 3.61. The second-order valence-electron chi connectivity index (χ2n) is 3.99. The van der Waals surface area contributed by atoms with Crippen LogP contribution in [-0.4, -0.2) is 13.3 Å². The van der Waals surface area contributed by atoms with E-state index in [4.69, 9.17) is 39.0 Å². The van der Waals surface area contributed by atoms with E-state index in [1.54, 1.807) is 0 Å². The van der Waals surface area contributed by atoms with Gasteiger partial charge in [-0.1, -0.05) is 34.8 Å². The number of nitro groups is 1. The zero-order valence-electron chi connectivity index (χ0n) is 10.5. The van der Waals surface area contributed by atoms with Gasteiger partial charge in [-0.3, -0.25) is 10.1 Å². The van der Waals surface area contributed by atoms with Gasteiger partial charge in [-0.2, -0.15) is 8.42 Å². The van der Waals surface area contributed by atoms with Crippen molar-refractivity contribution in [3.8, 4) is 5.75 Å². The summed E-state index contributed by atoms with van der Waals surface area (Å²) >= 11 is 17.2. The van der Waals surface area contributed by atoms with Crippen molar-refractivity contribution in [1.82, 2.24) is 0 Å². The second-order valence-corrected chi connectivity index (χ2v) is 6.75. The van der Waals surface area contributed by atoms with E-state index in [0.29, 0.717) is 0 Å². The smallest absolute Gasteiger partial charge is 0.339 e. The third-order valence-corrected chi connectivity index (χ3v) is 4.77. The van der Waals surface area contributed by atoms with Crippen LogP contribution in [0.1, 0.15) is 0 Å². The Kier molecular flexibility index (Phi) is 4.81. The predicted molar refractivity (Wildman–Crippen MR) is 82.4 cm³/mol. The lowest BCUT2D eigenvalue weighted by atomic mass is 10.3. The molecule has 0 aliphatic heterocycles. The number of halogens is 3. The molecule has 0 saturated carbocycles. The standard InChI is InChI=1S/C12H6Cl3NO5S/c13-9-3-2-8(6-10(9)14)22(19,20)21-12-4-1-7(16(17)18)5-11(12)15/h1-6H. The lowest BCUT2D eigenvalue weighted by Crippen LogP contribution is -2.10. The van der Waals surface area contributed by atoms with Gasteiger partial charge in [-0.15, -0.1) is 0 Å². The molecule has 0 aliphatic carbocycles. The van der Waals surface area contributed by atoms with E-state index in [2.05, 4.69) is 0 Å². The van der Waals surface area contributed by atoms with Crippen molar-refractivity contribution in [2.24, 2.45) is 0 Å². The Balaban J connectivity index is 2.36. The van der Waals surface area contributed by atoms with Crippen molar-refractivity contribution in [3.05, 3.63) is 61.6 Å². The molecule has 116 valence electrons. The van der Waals surface area contributed by atoms with Crippen LogP contribution in [0.15, 0.2) is 41.3 Å². The van der Waals surface area contributed by atoms with Crippen LogP contribution in [0, 0.1) is 10.1 Å². The Labute approximate surface area is 140 Å². The molecule has 0 unspecified atom stereocenters. The summed E-state index contributed by atoms with van der Waals surface area (Å²) in [6, 6.07) is 6.79. The minimum atomic E-state index is -4.21. The average Bonchev–Trinajstić information content (AvgIpc) is 2.43. The maximum absolute atomic E-state index is 12.1. The zero-order chi connectivity index (χ0) is 16.5. The molecule has 2 rings (SSSR count). The van der Waals surface area contributed by atoms with E-state index in [1.165, 1.54) is 12.1 Å². The van der Waals surface area contributed by atoms with E-state index in [9.17, 15) is 18.5 Å². The molecule has 0 N–H and O–H groups in total. The van der Waals surface area contributed by atoms with Gasteiger partial charge in [-0.05, 0) is 24.3 Å². The van der Waals surface area contributed by atoms with Crippen molar-refractivity contribution in [2.45, 2.75) is 4.90 Å². The fraction of sp³-hybridized carbons (Fsp3) is 0. The van der Waals surface area contributed by atoms with Crippen molar-refractivity contribution < 1.29 is 17.5 Å². The number of hydrogen-bond acceptors (Lipinski definition) is 5. The van der Waals surface area contributed by atoms with E-state index in [1.807, 2.05) is 0 Å². The van der Waals surface area contributed by atoms with Crippen LogP contribution in [0.25, 0.3) is 0 Å². The van der Waals surface area contributed by atoms with Crippen LogP contribution in [0.3, 0.4) is 0 Å². The first-order chi connectivity index (χ1) is 10.2. The minimum absolute atomic E-state index is 0.0427. The van der Waals surface area contributed by atoms with Gasteiger partial charge in [0.15, 0.2) is 5.75 Å². The molecule has 2 aromatic rings. The number of rotatable bonds is 4. The summed E-state index contributed by atoms with van der Waals surface area (Å²) in [6.45, 7) is 0. The highest BCUT2D eigenvalue weighted by Crippen LogP contribution is 2.32.